The quantitative estimate of drug-likeness (QED) is 0.594. The molecule has 0 aromatic heterocycles. The van der Waals surface area contributed by atoms with Gasteiger partial charge in [0.05, 0.1) is 0 Å². The van der Waals surface area contributed by atoms with Gasteiger partial charge in [0.1, 0.15) is 0 Å². The van der Waals surface area contributed by atoms with Crippen LogP contribution in [0.5, 0.6) is 0 Å². The van der Waals surface area contributed by atoms with E-state index >= 15 is 0 Å². The molecule has 0 saturated heterocycles. The van der Waals surface area contributed by atoms with Crippen LogP contribution >= 0.6 is 8.99 Å². The van der Waals surface area contributed by atoms with Gasteiger partial charge < -0.3 is 0 Å². The van der Waals surface area contributed by atoms with Crippen molar-refractivity contribution in [3.63, 3.8) is 0 Å². The monoisotopic (exact) mass is 296 g/mol. The molecular weight excluding hydrogens is 280 g/mol. The van der Waals surface area contributed by atoms with Gasteiger partial charge in [-0.15, -0.1) is 0 Å². The Morgan fingerprint density at radius 1 is 1.25 bits per heavy atom. The molecule has 66 valence electrons. The number of benzene rings is 1. The second-order valence-corrected chi connectivity index (χ2v) is 8.17. The van der Waals surface area contributed by atoms with E-state index in [2.05, 4.69) is 46.2 Å². The van der Waals surface area contributed by atoms with Crippen molar-refractivity contribution >= 4 is 32.2 Å². The van der Waals surface area contributed by atoms with Crippen LogP contribution in [0.1, 0.15) is 19.8 Å². The molecule has 0 heterocycles. The van der Waals surface area contributed by atoms with Crippen LogP contribution in [0.2, 0.25) is 0 Å². The Hall–Kier alpha value is 0.360. The molecule has 0 N–H and O–H groups in total. The Morgan fingerprint density at radius 2 is 2.00 bits per heavy atom. The zero-order valence-electron chi connectivity index (χ0n) is 7.32. The normalized spacial score (nSPS) is 10.1. The molecule has 0 radical (unpaired) electrons. The maximum absolute atomic E-state index is 2.25. The van der Waals surface area contributed by atoms with Crippen molar-refractivity contribution in [1.29, 1.82) is 0 Å². The van der Waals surface area contributed by atoms with Gasteiger partial charge in [-0.1, -0.05) is 0 Å². The molecule has 0 aliphatic heterocycles. The van der Waals surface area contributed by atoms with E-state index in [4.69, 9.17) is 0 Å². The number of rotatable bonds is 5. The Bertz CT molecular complexity index is 198. The van der Waals surface area contributed by atoms with Gasteiger partial charge in [0.25, 0.3) is 0 Å². The second kappa shape index (κ2) is 6.83. The summed E-state index contributed by atoms with van der Waals surface area (Å²) in [6, 6.07) is 10.9. The van der Waals surface area contributed by atoms with E-state index in [-0.39, 0.29) is 19.5 Å². The Kier molecular flexibility index (Phi) is 5.94. The van der Waals surface area contributed by atoms with E-state index in [9.17, 15) is 0 Å². The molecule has 2 heteroatoms. The minimum absolute atomic E-state index is 0.0606. The second-order valence-electron chi connectivity index (χ2n) is 2.57. The number of hydrogen-bond acceptors (Lipinski definition) is 1. The summed E-state index contributed by atoms with van der Waals surface area (Å²) in [5, 5.41) is 0. The van der Waals surface area contributed by atoms with Crippen LogP contribution < -0.4 is 3.61 Å². The fourth-order valence-electron chi connectivity index (χ4n) is 0.789. The molecule has 0 nitrogen and oxygen atoms in total. The van der Waals surface area contributed by atoms with Crippen molar-refractivity contribution in [2.45, 2.75) is 19.8 Å². The van der Waals surface area contributed by atoms with Gasteiger partial charge >= 0.3 is 88.0 Å². The molecule has 0 atom stereocenters. The Balaban J connectivity index is 2.16. The summed E-state index contributed by atoms with van der Waals surface area (Å²) in [6.45, 7) is 2.25. The summed E-state index contributed by atoms with van der Waals surface area (Å²) >= 11 is 0.0606. The third kappa shape index (κ3) is 4.40. The Morgan fingerprint density at radius 3 is 2.67 bits per heavy atom. The van der Waals surface area contributed by atoms with Gasteiger partial charge in [0, 0.05) is 0 Å². The number of unbranched alkanes of at least 4 members (excludes halogenated alkanes) is 1. The van der Waals surface area contributed by atoms with Gasteiger partial charge in [0.2, 0.25) is 0 Å². The maximum atomic E-state index is 2.25. The van der Waals surface area contributed by atoms with E-state index in [1.54, 1.807) is 3.61 Å². The third-order valence-electron chi connectivity index (χ3n) is 1.48. The molecule has 0 saturated carbocycles. The molecule has 0 aliphatic rings. The van der Waals surface area contributed by atoms with Crippen molar-refractivity contribution in [2.75, 3.05) is 5.75 Å². The van der Waals surface area contributed by atoms with Gasteiger partial charge in [-0.3, -0.25) is 0 Å². The van der Waals surface area contributed by atoms with Crippen LogP contribution in [0.15, 0.2) is 30.3 Å². The molecule has 0 aliphatic carbocycles. The fraction of sp³-hybridized carbons (Fsp3) is 0.400. The molecular formula is C10H14STe. The van der Waals surface area contributed by atoms with E-state index in [1.807, 2.05) is 0 Å². The van der Waals surface area contributed by atoms with E-state index in [0.717, 1.165) is 0 Å². The zero-order chi connectivity index (χ0) is 8.65. The summed E-state index contributed by atoms with van der Waals surface area (Å²) in [7, 11) is 2.16. The van der Waals surface area contributed by atoms with Crippen LogP contribution in [-0.2, 0) is 0 Å². The molecule has 1 aromatic rings. The molecule has 0 unspecified atom stereocenters. The molecule has 0 amide bonds. The van der Waals surface area contributed by atoms with Crippen LogP contribution in [0, 0.1) is 0 Å². The van der Waals surface area contributed by atoms with Gasteiger partial charge in [0.15, 0.2) is 0 Å². The predicted molar refractivity (Wildman–Crippen MR) is 59.2 cm³/mol. The van der Waals surface area contributed by atoms with E-state index in [0.29, 0.717) is 0 Å². The van der Waals surface area contributed by atoms with Gasteiger partial charge in [-0.2, -0.15) is 0 Å². The summed E-state index contributed by atoms with van der Waals surface area (Å²) in [6.07, 6.45) is 2.71. The standard InChI is InChI=1S/C10H14STe/c1-2-3-9-11-12-10-7-5-4-6-8-10/h4-8H,2-3,9H2,1H3. The summed E-state index contributed by atoms with van der Waals surface area (Å²) in [5.74, 6) is 1.35. The van der Waals surface area contributed by atoms with Gasteiger partial charge in [-0.25, -0.2) is 0 Å². The third-order valence-corrected chi connectivity index (χ3v) is 7.11. The van der Waals surface area contributed by atoms with E-state index < -0.39 is 0 Å². The summed E-state index contributed by atoms with van der Waals surface area (Å²) in [5.41, 5.74) is 0. The minimum atomic E-state index is 0.0606. The zero-order valence-corrected chi connectivity index (χ0v) is 10.5. The average Bonchev–Trinajstić information content (AvgIpc) is 2.14. The van der Waals surface area contributed by atoms with Crippen LogP contribution in [-0.4, -0.2) is 25.3 Å². The molecule has 12 heavy (non-hydrogen) atoms. The topological polar surface area (TPSA) is 0 Å². The molecule has 0 bridgehead atoms. The van der Waals surface area contributed by atoms with Crippen molar-refractivity contribution in [2.24, 2.45) is 0 Å². The first-order valence-electron chi connectivity index (χ1n) is 4.28. The fourth-order valence-corrected chi connectivity index (χ4v) is 5.81. The van der Waals surface area contributed by atoms with Crippen molar-refractivity contribution < 1.29 is 0 Å². The molecule has 1 rings (SSSR count). The van der Waals surface area contributed by atoms with E-state index in [1.165, 1.54) is 18.6 Å². The predicted octanol–water partition coefficient (Wildman–Crippen LogP) is 2.46. The van der Waals surface area contributed by atoms with Gasteiger partial charge in [-0.05, 0) is 0 Å². The summed E-state index contributed by atoms with van der Waals surface area (Å²) in [4.78, 5) is 0. The van der Waals surface area contributed by atoms with Crippen molar-refractivity contribution in [3.05, 3.63) is 30.3 Å². The Labute approximate surface area is 87.7 Å². The number of hydrogen-bond donors (Lipinski definition) is 0. The average molecular weight is 294 g/mol. The molecule has 0 fully saturated rings. The SMILES string of the molecule is CCCCS[Te]c1ccccc1. The molecule has 1 aromatic carbocycles. The first kappa shape index (κ1) is 10.4. The van der Waals surface area contributed by atoms with Crippen LogP contribution in [0.3, 0.4) is 0 Å². The first-order valence-corrected chi connectivity index (χ1v) is 9.21. The van der Waals surface area contributed by atoms with Crippen LogP contribution in [0.25, 0.3) is 0 Å². The van der Waals surface area contributed by atoms with Crippen molar-refractivity contribution in [1.82, 2.24) is 0 Å². The van der Waals surface area contributed by atoms with Crippen molar-refractivity contribution in [3.8, 4) is 0 Å². The first-order chi connectivity index (χ1) is 5.93. The summed E-state index contributed by atoms with van der Waals surface area (Å²) < 4.78 is 1.57. The molecule has 0 spiro atoms. The van der Waals surface area contributed by atoms with Crippen LogP contribution in [0.4, 0.5) is 0 Å².